The number of hydrogen-bond donors (Lipinski definition) is 0. The highest BCUT2D eigenvalue weighted by Crippen LogP contribution is 2.18. The molecule has 6 nitrogen and oxygen atoms in total. The summed E-state index contributed by atoms with van der Waals surface area (Å²) in [5.41, 5.74) is 0. The van der Waals surface area contributed by atoms with Crippen molar-refractivity contribution in [3.63, 3.8) is 0 Å². The minimum Gasteiger partial charge on any atom is -0.462 e. The molecular formula is C72H134O6. The van der Waals surface area contributed by atoms with E-state index in [1.165, 1.54) is 276 Å². The maximum absolute atomic E-state index is 12.9. The zero-order valence-corrected chi connectivity index (χ0v) is 52.7. The van der Waals surface area contributed by atoms with Crippen LogP contribution < -0.4 is 0 Å². The monoisotopic (exact) mass is 1100 g/mol. The van der Waals surface area contributed by atoms with Gasteiger partial charge in [0.15, 0.2) is 6.10 Å². The fraction of sp³-hybridized carbons (Fsp3) is 0.875. The third-order valence-corrected chi connectivity index (χ3v) is 15.8. The van der Waals surface area contributed by atoms with Crippen LogP contribution in [0.25, 0.3) is 0 Å². The molecule has 0 rings (SSSR count). The number of carbonyl (C=O) groups excluding carboxylic acids is 3. The van der Waals surface area contributed by atoms with Crippen LogP contribution in [0, 0.1) is 0 Å². The Bertz CT molecular complexity index is 1300. The van der Waals surface area contributed by atoms with Gasteiger partial charge in [0.2, 0.25) is 0 Å². The quantitative estimate of drug-likeness (QED) is 0.0261. The second-order valence-electron chi connectivity index (χ2n) is 23.8. The minimum atomic E-state index is -0.778. The Morgan fingerprint density at radius 1 is 0.244 bits per heavy atom. The number of allylic oxidation sites excluding steroid dienone is 6. The van der Waals surface area contributed by atoms with Crippen molar-refractivity contribution in [2.24, 2.45) is 0 Å². The number of rotatable bonds is 65. The lowest BCUT2D eigenvalue weighted by Crippen LogP contribution is -2.30. The number of ether oxygens (including phenoxy) is 3. The van der Waals surface area contributed by atoms with Crippen LogP contribution >= 0.6 is 0 Å². The van der Waals surface area contributed by atoms with Gasteiger partial charge in [0.1, 0.15) is 13.2 Å². The fourth-order valence-corrected chi connectivity index (χ4v) is 10.5. The Labute approximate surface area is 486 Å². The Balaban J connectivity index is 4.14. The summed E-state index contributed by atoms with van der Waals surface area (Å²) in [6.07, 6.45) is 83.3. The second-order valence-corrected chi connectivity index (χ2v) is 23.8. The molecule has 0 radical (unpaired) electrons. The van der Waals surface area contributed by atoms with Crippen molar-refractivity contribution in [2.45, 2.75) is 393 Å². The lowest BCUT2D eigenvalue weighted by molar-refractivity contribution is -0.167. The lowest BCUT2D eigenvalue weighted by Gasteiger charge is -2.18. The van der Waals surface area contributed by atoms with Crippen LogP contribution in [0.3, 0.4) is 0 Å². The van der Waals surface area contributed by atoms with E-state index >= 15 is 0 Å². The van der Waals surface area contributed by atoms with Gasteiger partial charge in [0.25, 0.3) is 0 Å². The first-order chi connectivity index (χ1) is 38.5. The summed E-state index contributed by atoms with van der Waals surface area (Å²) in [5, 5.41) is 0. The van der Waals surface area contributed by atoms with E-state index in [2.05, 4.69) is 57.2 Å². The van der Waals surface area contributed by atoms with Crippen LogP contribution in [-0.4, -0.2) is 37.2 Å². The number of esters is 3. The Morgan fingerprint density at radius 2 is 0.423 bits per heavy atom. The average Bonchev–Trinajstić information content (AvgIpc) is 3.44. The summed E-state index contributed by atoms with van der Waals surface area (Å²) in [6, 6.07) is 0. The highest BCUT2D eigenvalue weighted by molar-refractivity contribution is 5.71. The molecule has 0 saturated heterocycles. The summed E-state index contributed by atoms with van der Waals surface area (Å²) >= 11 is 0. The normalized spacial score (nSPS) is 12.2. The standard InChI is InChI=1S/C72H134O6/c1-4-7-10-13-16-19-22-25-28-29-30-31-32-33-34-35-36-37-38-39-40-41-42-43-45-47-50-53-56-59-62-65-71(74)77-68-69(67-76-70(73)64-61-58-55-52-49-46-27-24-21-18-15-12-9-6-3)78-72(75)66-63-60-57-54-51-48-44-26-23-20-17-14-11-8-5-2/h24,26-27,29-30,44,69H,4-23,25,28,31-43,45-68H2,1-3H3/b27-24-,30-29-,44-26-. The van der Waals surface area contributed by atoms with Gasteiger partial charge in [-0.25, -0.2) is 0 Å². The van der Waals surface area contributed by atoms with E-state index in [0.717, 1.165) is 70.6 Å². The summed E-state index contributed by atoms with van der Waals surface area (Å²) < 4.78 is 16.9. The Kier molecular flexibility index (Phi) is 65.1. The Hall–Kier alpha value is -2.37. The van der Waals surface area contributed by atoms with Gasteiger partial charge in [-0.2, -0.15) is 0 Å². The minimum absolute atomic E-state index is 0.0738. The SMILES string of the molecule is CCCCCCC/C=C\CCCCCCCC(=O)OCC(COC(=O)CCCCCCCCCCCCCCCCCCCCC/C=C\CCCCCCCCCC)OC(=O)CCCCCCC/C=C\CCCCCCCC. The van der Waals surface area contributed by atoms with E-state index in [0.29, 0.717) is 19.3 Å². The van der Waals surface area contributed by atoms with Gasteiger partial charge in [-0.3, -0.25) is 14.4 Å². The van der Waals surface area contributed by atoms with Gasteiger partial charge in [-0.1, -0.05) is 308 Å². The van der Waals surface area contributed by atoms with Crippen LogP contribution in [0.15, 0.2) is 36.5 Å². The van der Waals surface area contributed by atoms with E-state index in [1.807, 2.05) is 0 Å². The number of carbonyl (C=O) groups is 3. The van der Waals surface area contributed by atoms with Gasteiger partial charge in [-0.05, 0) is 96.3 Å². The molecule has 0 aliphatic rings. The van der Waals surface area contributed by atoms with Crippen molar-refractivity contribution >= 4 is 17.9 Å². The van der Waals surface area contributed by atoms with Crippen LogP contribution in [0.4, 0.5) is 0 Å². The smallest absolute Gasteiger partial charge is 0.306 e. The first kappa shape index (κ1) is 75.6. The van der Waals surface area contributed by atoms with Gasteiger partial charge in [0.05, 0.1) is 0 Å². The third-order valence-electron chi connectivity index (χ3n) is 15.8. The molecule has 0 heterocycles. The highest BCUT2D eigenvalue weighted by atomic mass is 16.6. The van der Waals surface area contributed by atoms with Gasteiger partial charge in [-0.15, -0.1) is 0 Å². The lowest BCUT2D eigenvalue weighted by atomic mass is 10.0. The maximum atomic E-state index is 12.9. The van der Waals surface area contributed by atoms with E-state index in [-0.39, 0.29) is 31.1 Å². The Morgan fingerprint density at radius 3 is 0.641 bits per heavy atom. The number of hydrogen-bond acceptors (Lipinski definition) is 6. The van der Waals surface area contributed by atoms with E-state index in [9.17, 15) is 14.4 Å². The molecule has 0 amide bonds. The summed E-state index contributed by atoms with van der Waals surface area (Å²) in [5.74, 6) is -0.867. The van der Waals surface area contributed by atoms with Gasteiger partial charge >= 0.3 is 17.9 Å². The number of unbranched alkanes of at least 4 members (excludes halogenated alkanes) is 48. The largest absolute Gasteiger partial charge is 0.462 e. The fourth-order valence-electron chi connectivity index (χ4n) is 10.5. The zero-order chi connectivity index (χ0) is 56.4. The molecule has 1 atom stereocenters. The first-order valence-corrected chi connectivity index (χ1v) is 35.0. The first-order valence-electron chi connectivity index (χ1n) is 35.0. The van der Waals surface area contributed by atoms with E-state index < -0.39 is 6.10 Å². The maximum Gasteiger partial charge on any atom is 0.306 e. The molecule has 0 aliphatic heterocycles. The predicted octanol–water partition coefficient (Wildman–Crippen LogP) is 23.9. The van der Waals surface area contributed by atoms with Crippen LogP contribution in [0.2, 0.25) is 0 Å². The molecule has 1 unspecified atom stereocenters. The average molecular weight is 1100 g/mol. The van der Waals surface area contributed by atoms with Crippen LogP contribution in [0.1, 0.15) is 387 Å². The van der Waals surface area contributed by atoms with Crippen molar-refractivity contribution in [1.29, 1.82) is 0 Å². The molecule has 0 spiro atoms. The molecule has 6 heteroatoms. The van der Waals surface area contributed by atoms with Crippen molar-refractivity contribution in [2.75, 3.05) is 13.2 Å². The van der Waals surface area contributed by atoms with Crippen molar-refractivity contribution < 1.29 is 28.6 Å². The predicted molar refractivity (Wildman–Crippen MR) is 339 cm³/mol. The second kappa shape index (κ2) is 67.1. The van der Waals surface area contributed by atoms with E-state index in [4.69, 9.17) is 14.2 Å². The third kappa shape index (κ3) is 64.5. The van der Waals surface area contributed by atoms with Crippen LogP contribution in [-0.2, 0) is 28.6 Å². The molecule has 0 fully saturated rings. The zero-order valence-electron chi connectivity index (χ0n) is 52.7. The van der Waals surface area contributed by atoms with Crippen molar-refractivity contribution in [1.82, 2.24) is 0 Å². The summed E-state index contributed by atoms with van der Waals surface area (Å²) in [4.78, 5) is 38.3. The van der Waals surface area contributed by atoms with Crippen molar-refractivity contribution in [3.05, 3.63) is 36.5 Å². The summed E-state index contributed by atoms with van der Waals surface area (Å²) in [6.45, 7) is 6.67. The molecule has 0 bridgehead atoms. The molecule has 78 heavy (non-hydrogen) atoms. The molecular weight excluding hydrogens is 961 g/mol. The topological polar surface area (TPSA) is 78.9 Å². The van der Waals surface area contributed by atoms with Crippen molar-refractivity contribution in [3.8, 4) is 0 Å². The molecule has 0 aromatic carbocycles. The molecule has 0 aromatic heterocycles. The molecule has 0 aliphatic carbocycles. The van der Waals surface area contributed by atoms with Gasteiger partial charge in [0, 0.05) is 19.3 Å². The molecule has 0 saturated carbocycles. The highest BCUT2D eigenvalue weighted by Gasteiger charge is 2.19. The molecule has 0 N–H and O–H groups in total. The van der Waals surface area contributed by atoms with Crippen LogP contribution in [0.5, 0.6) is 0 Å². The van der Waals surface area contributed by atoms with E-state index in [1.54, 1.807) is 0 Å². The summed E-state index contributed by atoms with van der Waals surface area (Å²) in [7, 11) is 0. The van der Waals surface area contributed by atoms with Gasteiger partial charge < -0.3 is 14.2 Å². The molecule has 458 valence electrons. The molecule has 0 aromatic rings.